The second-order valence-electron chi connectivity index (χ2n) is 4.58. The fraction of sp³-hybridized carbons (Fsp3) is 0.692. The smallest absolute Gasteiger partial charge is 0.107 e. The highest BCUT2D eigenvalue weighted by Gasteiger charge is 2.27. The number of ether oxygens (including phenoxy) is 2. The molecule has 96 valence electrons. The molecule has 1 aromatic heterocycles. The van der Waals surface area contributed by atoms with Crippen molar-refractivity contribution in [2.45, 2.75) is 44.9 Å². The molecule has 17 heavy (non-hydrogen) atoms. The Bertz CT molecular complexity index is 347. The van der Waals surface area contributed by atoms with E-state index in [0.29, 0.717) is 6.61 Å². The van der Waals surface area contributed by atoms with Crippen molar-refractivity contribution in [3.05, 3.63) is 21.9 Å². The Kier molecular flexibility index (Phi) is 4.56. The van der Waals surface area contributed by atoms with Gasteiger partial charge < -0.3 is 15.2 Å². The lowest BCUT2D eigenvalue weighted by molar-refractivity contribution is -0.0286. The van der Waals surface area contributed by atoms with Gasteiger partial charge >= 0.3 is 0 Å². The van der Waals surface area contributed by atoms with Crippen LogP contribution in [0, 0.1) is 6.92 Å². The highest BCUT2D eigenvalue weighted by Crippen LogP contribution is 2.32. The molecular weight excluding hydrogens is 234 g/mol. The summed E-state index contributed by atoms with van der Waals surface area (Å²) in [5.41, 5.74) is 7.48. The van der Waals surface area contributed by atoms with Gasteiger partial charge in [0.05, 0.1) is 12.7 Å². The predicted molar refractivity (Wildman–Crippen MR) is 70.4 cm³/mol. The first kappa shape index (κ1) is 13.0. The SMILES string of the molecule is CCC(N)C(OC1CCOC1)c1sccc1C. The lowest BCUT2D eigenvalue weighted by Crippen LogP contribution is -2.32. The highest BCUT2D eigenvalue weighted by molar-refractivity contribution is 7.10. The first-order valence-electron chi connectivity index (χ1n) is 6.25. The van der Waals surface area contributed by atoms with Crippen molar-refractivity contribution in [2.24, 2.45) is 5.73 Å². The fourth-order valence-electron chi connectivity index (χ4n) is 2.07. The summed E-state index contributed by atoms with van der Waals surface area (Å²) >= 11 is 1.74. The summed E-state index contributed by atoms with van der Waals surface area (Å²) in [4.78, 5) is 1.27. The van der Waals surface area contributed by atoms with Crippen LogP contribution in [-0.2, 0) is 9.47 Å². The summed E-state index contributed by atoms with van der Waals surface area (Å²) in [5, 5.41) is 2.11. The Morgan fingerprint density at radius 1 is 1.65 bits per heavy atom. The monoisotopic (exact) mass is 255 g/mol. The van der Waals surface area contributed by atoms with E-state index in [-0.39, 0.29) is 18.2 Å². The maximum absolute atomic E-state index is 6.20. The Balaban J connectivity index is 2.10. The molecule has 0 spiro atoms. The van der Waals surface area contributed by atoms with Gasteiger partial charge in [0.1, 0.15) is 6.10 Å². The number of hydrogen-bond donors (Lipinski definition) is 1. The van der Waals surface area contributed by atoms with Gasteiger partial charge in [-0.1, -0.05) is 6.92 Å². The van der Waals surface area contributed by atoms with Crippen LogP contribution in [0.4, 0.5) is 0 Å². The third-order valence-electron chi connectivity index (χ3n) is 3.25. The summed E-state index contributed by atoms with van der Waals surface area (Å²) < 4.78 is 11.5. The second kappa shape index (κ2) is 5.96. The van der Waals surface area contributed by atoms with Crippen molar-refractivity contribution < 1.29 is 9.47 Å². The van der Waals surface area contributed by atoms with E-state index in [4.69, 9.17) is 15.2 Å². The molecule has 4 heteroatoms. The Labute approximate surface area is 107 Å². The van der Waals surface area contributed by atoms with Gasteiger partial charge in [0, 0.05) is 17.5 Å². The average Bonchev–Trinajstić information content (AvgIpc) is 2.96. The van der Waals surface area contributed by atoms with Gasteiger partial charge in [0.15, 0.2) is 0 Å². The molecule has 1 aliphatic rings. The molecule has 3 atom stereocenters. The van der Waals surface area contributed by atoms with Crippen LogP contribution in [0.25, 0.3) is 0 Å². The van der Waals surface area contributed by atoms with Gasteiger partial charge in [-0.3, -0.25) is 0 Å². The maximum atomic E-state index is 6.20. The first-order valence-corrected chi connectivity index (χ1v) is 7.13. The molecule has 1 aliphatic heterocycles. The van der Waals surface area contributed by atoms with Gasteiger partial charge in [-0.25, -0.2) is 0 Å². The summed E-state index contributed by atoms with van der Waals surface area (Å²) in [5.74, 6) is 0. The fourth-order valence-corrected chi connectivity index (χ4v) is 3.11. The molecule has 1 saturated heterocycles. The molecule has 2 heterocycles. The van der Waals surface area contributed by atoms with E-state index in [2.05, 4.69) is 25.3 Å². The van der Waals surface area contributed by atoms with E-state index >= 15 is 0 Å². The number of hydrogen-bond acceptors (Lipinski definition) is 4. The van der Waals surface area contributed by atoms with Crippen LogP contribution in [0.1, 0.15) is 36.3 Å². The maximum Gasteiger partial charge on any atom is 0.107 e. The third kappa shape index (κ3) is 3.07. The summed E-state index contributed by atoms with van der Waals surface area (Å²) in [7, 11) is 0. The minimum absolute atomic E-state index is 0.0201. The first-order chi connectivity index (χ1) is 8.22. The van der Waals surface area contributed by atoms with Crippen molar-refractivity contribution in [2.75, 3.05) is 13.2 Å². The normalized spacial score (nSPS) is 23.8. The standard InChI is InChI=1S/C13H21NO2S/c1-3-11(14)12(13-9(2)5-7-17-13)16-10-4-6-15-8-10/h5,7,10-12H,3-4,6,8,14H2,1-2H3. The minimum Gasteiger partial charge on any atom is -0.379 e. The number of rotatable bonds is 5. The quantitative estimate of drug-likeness (QED) is 0.879. The highest BCUT2D eigenvalue weighted by atomic mass is 32.1. The molecule has 0 aliphatic carbocycles. The van der Waals surface area contributed by atoms with Gasteiger partial charge in [0.25, 0.3) is 0 Å². The van der Waals surface area contributed by atoms with Gasteiger partial charge in [0.2, 0.25) is 0 Å². The van der Waals surface area contributed by atoms with Crippen LogP contribution >= 0.6 is 11.3 Å². The van der Waals surface area contributed by atoms with Gasteiger partial charge in [-0.15, -0.1) is 11.3 Å². The lowest BCUT2D eigenvalue weighted by atomic mass is 10.0. The van der Waals surface area contributed by atoms with Crippen LogP contribution in [0.2, 0.25) is 0 Å². The molecule has 0 aromatic carbocycles. The molecule has 3 unspecified atom stereocenters. The van der Waals surface area contributed by atoms with Crippen LogP contribution in [0.5, 0.6) is 0 Å². The van der Waals surface area contributed by atoms with Crippen molar-refractivity contribution in [1.29, 1.82) is 0 Å². The van der Waals surface area contributed by atoms with Crippen LogP contribution in [0.15, 0.2) is 11.4 Å². The molecule has 1 aromatic rings. The topological polar surface area (TPSA) is 44.5 Å². The Morgan fingerprint density at radius 3 is 3.00 bits per heavy atom. The third-order valence-corrected chi connectivity index (χ3v) is 4.33. The van der Waals surface area contributed by atoms with E-state index < -0.39 is 0 Å². The predicted octanol–water partition coefficient (Wildman–Crippen LogP) is 2.64. The van der Waals surface area contributed by atoms with E-state index in [1.165, 1.54) is 10.4 Å². The minimum atomic E-state index is 0.0201. The lowest BCUT2D eigenvalue weighted by Gasteiger charge is -2.26. The number of aryl methyl sites for hydroxylation is 1. The zero-order chi connectivity index (χ0) is 12.3. The second-order valence-corrected chi connectivity index (χ2v) is 5.53. The molecule has 2 N–H and O–H groups in total. The van der Waals surface area contributed by atoms with E-state index in [1.807, 2.05) is 0 Å². The molecule has 1 fully saturated rings. The van der Waals surface area contributed by atoms with E-state index in [9.17, 15) is 0 Å². The number of thiophene rings is 1. The molecule has 2 rings (SSSR count). The van der Waals surface area contributed by atoms with Crippen molar-refractivity contribution in [3.63, 3.8) is 0 Å². The van der Waals surface area contributed by atoms with Crippen LogP contribution in [-0.4, -0.2) is 25.4 Å². The van der Waals surface area contributed by atoms with Crippen molar-refractivity contribution >= 4 is 11.3 Å². The van der Waals surface area contributed by atoms with Crippen molar-refractivity contribution in [1.82, 2.24) is 0 Å². The number of nitrogens with two attached hydrogens (primary N) is 1. The molecule has 0 saturated carbocycles. The van der Waals surface area contributed by atoms with Gasteiger partial charge in [-0.2, -0.15) is 0 Å². The summed E-state index contributed by atoms with van der Waals surface area (Å²) in [6, 6.07) is 2.19. The summed E-state index contributed by atoms with van der Waals surface area (Å²) in [6.07, 6.45) is 2.14. The molecule has 3 nitrogen and oxygen atoms in total. The molecule has 0 bridgehead atoms. The Hall–Kier alpha value is -0.420. The zero-order valence-corrected chi connectivity index (χ0v) is 11.3. The Morgan fingerprint density at radius 2 is 2.47 bits per heavy atom. The van der Waals surface area contributed by atoms with Crippen LogP contribution < -0.4 is 5.73 Å². The molecule has 0 radical (unpaired) electrons. The zero-order valence-electron chi connectivity index (χ0n) is 10.5. The van der Waals surface area contributed by atoms with Gasteiger partial charge in [-0.05, 0) is 36.8 Å². The largest absolute Gasteiger partial charge is 0.379 e. The van der Waals surface area contributed by atoms with E-state index in [1.54, 1.807) is 11.3 Å². The molecular formula is C13H21NO2S. The van der Waals surface area contributed by atoms with Crippen molar-refractivity contribution in [3.8, 4) is 0 Å². The average molecular weight is 255 g/mol. The summed E-state index contributed by atoms with van der Waals surface area (Å²) in [6.45, 7) is 5.74. The van der Waals surface area contributed by atoms with Crippen LogP contribution in [0.3, 0.4) is 0 Å². The van der Waals surface area contributed by atoms with E-state index in [0.717, 1.165) is 19.4 Å². The molecule has 0 amide bonds.